The Hall–Kier alpha value is -2.05. The van der Waals surface area contributed by atoms with Gasteiger partial charge in [-0.1, -0.05) is 11.6 Å². The normalized spacial score (nSPS) is 16.2. The zero-order chi connectivity index (χ0) is 20.4. The van der Waals surface area contributed by atoms with Gasteiger partial charge < -0.3 is 16.0 Å². The SMILES string of the molecule is NC(=O)NCC(=O)N1CCN(S(=O)(=O)c2cc(C(F)(F)F)ccc2Cl)CC1. The first-order chi connectivity index (χ1) is 12.4. The number of hydrogen-bond donors (Lipinski definition) is 2. The first-order valence-corrected chi connectivity index (χ1v) is 9.42. The van der Waals surface area contributed by atoms with Crippen molar-refractivity contribution in [3.63, 3.8) is 0 Å². The van der Waals surface area contributed by atoms with E-state index in [4.69, 9.17) is 17.3 Å². The molecule has 0 aliphatic carbocycles. The number of amides is 3. The van der Waals surface area contributed by atoms with Crippen molar-refractivity contribution < 1.29 is 31.2 Å². The van der Waals surface area contributed by atoms with E-state index in [2.05, 4.69) is 5.32 Å². The van der Waals surface area contributed by atoms with Gasteiger partial charge in [-0.3, -0.25) is 4.79 Å². The summed E-state index contributed by atoms with van der Waals surface area (Å²) in [5, 5.41) is 1.80. The smallest absolute Gasteiger partial charge is 0.352 e. The average molecular weight is 429 g/mol. The number of alkyl halides is 3. The molecule has 1 aliphatic rings. The minimum atomic E-state index is -4.71. The molecule has 0 radical (unpaired) electrons. The summed E-state index contributed by atoms with van der Waals surface area (Å²) in [5.74, 6) is -0.456. The molecule has 1 heterocycles. The van der Waals surface area contributed by atoms with Crippen LogP contribution in [0, 0.1) is 0 Å². The summed E-state index contributed by atoms with van der Waals surface area (Å²) in [6.07, 6.45) is -4.71. The highest BCUT2D eigenvalue weighted by atomic mass is 35.5. The fraction of sp³-hybridized carbons (Fsp3) is 0.429. The Morgan fingerprint density at radius 2 is 1.78 bits per heavy atom. The molecule has 3 amide bonds. The fourth-order valence-corrected chi connectivity index (χ4v) is 4.39. The van der Waals surface area contributed by atoms with E-state index in [1.165, 1.54) is 4.90 Å². The van der Waals surface area contributed by atoms with Gasteiger partial charge in [-0.25, -0.2) is 13.2 Å². The monoisotopic (exact) mass is 428 g/mol. The molecule has 8 nitrogen and oxygen atoms in total. The van der Waals surface area contributed by atoms with Crippen molar-refractivity contribution in [2.75, 3.05) is 32.7 Å². The van der Waals surface area contributed by atoms with E-state index in [9.17, 15) is 31.2 Å². The number of nitrogens with zero attached hydrogens (tertiary/aromatic N) is 2. The lowest BCUT2D eigenvalue weighted by Gasteiger charge is -2.34. The summed E-state index contributed by atoms with van der Waals surface area (Å²) in [5.41, 5.74) is 3.74. The molecule has 27 heavy (non-hydrogen) atoms. The second kappa shape index (κ2) is 7.90. The lowest BCUT2D eigenvalue weighted by atomic mass is 10.2. The van der Waals surface area contributed by atoms with Crippen LogP contribution in [-0.2, 0) is 21.0 Å². The van der Waals surface area contributed by atoms with Crippen molar-refractivity contribution >= 4 is 33.6 Å². The van der Waals surface area contributed by atoms with Gasteiger partial charge in [0.1, 0.15) is 4.90 Å². The Balaban J connectivity index is 2.13. The number of carbonyl (C=O) groups is 2. The van der Waals surface area contributed by atoms with Crippen molar-refractivity contribution in [2.24, 2.45) is 5.73 Å². The number of primary amides is 1. The number of urea groups is 1. The van der Waals surface area contributed by atoms with Gasteiger partial charge in [-0.2, -0.15) is 17.5 Å². The Bertz CT molecular complexity index is 839. The number of sulfonamides is 1. The Morgan fingerprint density at radius 1 is 1.19 bits per heavy atom. The number of halogens is 4. The Morgan fingerprint density at radius 3 is 2.30 bits per heavy atom. The van der Waals surface area contributed by atoms with E-state index in [1.807, 2.05) is 0 Å². The number of nitrogens with one attached hydrogen (secondary N) is 1. The largest absolute Gasteiger partial charge is 0.416 e. The Labute approximate surface area is 158 Å². The fourth-order valence-electron chi connectivity index (χ4n) is 2.47. The molecule has 150 valence electrons. The molecule has 1 aromatic carbocycles. The van der Waals surface area contributed by atoms with Gasteiger partial charge in [0.15, 0.2) is 0 Å². The first kappa shape index (κ1) is 21.3. The molecular weight excluding hydrogens is 413 g/mol. The summed E-state index contributed by atoms with van der Waals surface area (Å²) < 4.78 is 64.9. The van der Waals surface area contributed by atoms with Gasteiger partial charge in [0.05, 0.1) is 17.1 Å². The number of piperazine rings is 1. The number of rotatable bonds is 4. The summed E-state index contributed by atoms with van der Waals surface area (Å²) in [7, 11) is -4.28. The van der Waals surface area contributed by atoms with Crippen molar-refractivity contribution in [3.05, 3.63) is 28.8 Å². The summed E-state index contributed by atoms with van der Waals surface area (Å²) in [6, 6.07) is 1.20. The highest BCUT2D eigenvalue weighted by Crippen LogP contribution is 2.34. The highest BCUT2D eigenvalue weighted by molar-refractivity contribution is 7.89. The second-order valence-corrected chi connectivity index (χ2v) is 7.96. The maximum atomic E-state index is 12.9. The van der Waals surface area contributed by atoms with Crippen molar-refractivity contribution in [1.29, 1.82) is 0 Å². The molecule has 0 spiro atoms. The lowest BCUT2D eigenvalue weighted by Crippen LogP contribution is -2.52. The summed E-state index contributed by atoms with van der Waals surface area (Å²) in [4.78, 5) is 23.2. The highest BCUT2D eigenvalue weighted by Gasteiger charge is 2.35. The van der Waals surface area contributed by atoms with Gasteiger partial charge in [-0.05, 0) is 18.2 Å². The van der Waals surface area contributed by atoms with Gasteiger partial charge in [0.2, 0.25) is 15.9 Å². The molecule has 1 saturated heterocycles. The first-order valence-electron chi connectivity index (χ1n) is 7.61. The molecule has 0 aromatic heterocycles. The summed E-state index contributed by atoms with van der Waals surface area (Å²) >= 11 is 5.81. The molecule has 1 aliphatic heterocycles. The quantitative estimate of drug-likeness (QED) is 0.740. The van der Waals surface area contributed by atoms with Crippen molar-refractivity contribution in [3.8, 4) is 0 Å². The lowest BCUT2D eigenvalue weighted by molar-refractivity contribution is -0.137. The van der Waals surface area contributed by atoms with Gasteiger partial charge >= 0.3 is 12.2 Å². The van der Waals surface area contributed by atoms with Crippen molar-refractivity contribution in [2.45, 2.75) is 11.1 Å². The van der Waals surface area contributed by atoms with Crippen LogP contribution in [0.5, 0.6) is 0 Å². The molecule has 13 heteroatoms. The maximum Gasteiger partial charge on any atom is 0.416 e. The molecule has 0 bridgehead atoms. The minimum absolute atomic E-state index is 0.00901. The van der Waals surface area contributed by atoms with Crippen LogP contribution in [0.25, 0.3) is 0 Å². The van der Waals surface area contributed by atoms with Crippen LogP contribution in [0.3, 0.4) is 0 Å². The number of benzene rings is 1. The van der Waals surface area contributed by atoms with Crippen LogP contribution >= 0.6 is 11.6 Å². The molecule has 1 aromatic rings. The van der Waals surface area contributed by atoms with E-state index in [0.717, 1.165) is 10.4 Å². The van der Waals surface area contributed by atoms with E-state index in [-0.39, 0.29) is 37.7 Å². The van der Waals surface area contributed by atoms with Gasteiger partial charge in [0.25, 0.3) is 0 Å². The second-order valence-electron chi connectivity index (χ2n) is 5.65. The van der Waals surface area contributed by atoms with E-state index < -0.39 is 38.6 Å². The predicted molar refractivity (Wildman–Crippen MR) is 89.4 cm³/mol. The average Bonchev–Trinajstić information content (AvgIpc) is 2.59. The molecule has 3 N–H and O–H groups in total. The van der Waals surface area contributed by atoms with Crippen LogP contribution in [0.15, 0.2) is 23.1 Å². The van der Waals surface area contributed by atoms with Crippen LogP contribution in [0.4, 0.5) is 18.0 Å². The van der Waals surface area contributed by atoms with Gasteiger partial charge in [-0.15, -0.1) is 0 Å². The zero-order valence-corrected chi connectivity index (χ0v) is 15.4. The number of nitrogens with two attached hydrogens (primary N) is 1. The number of carbonyl (C=O) groups excluding carboxylic acids is 2. The molecule has 0 saturated carbocycles. The van der Waals surface area contributed by atoms with E-state index in [1.54, 1.807) is 0 Å². The summed E-state index contributed by atoms with van der Waals surface area (Å²) in [6.45, 7) is -0.569. The van der Waals surface area contributed by atoms with Crippen LogP contribution in [0.1, 0.15) is 5.56 Å². The van der Waals surface area contributed by atoms with Crippen LogP contribution in [-0.4, -0.2) is 62.3 Å². The third-order valence-corrected chi connectivity index (χ3v) is 6.26. The topological polar surface area (TPSA) is 113 Å². The van der Waals surface area contributed by atoms with Crippen molar-refractivity contribution in [1.82, 2.24) is 14.5 Å². The number of hydrogen-bond acceptors (Lipinski definition) is 4. The predicted octanol–water partition coefficient (Wildman–Crippen LogP) is 0.860. The molecule has 1 fully saturated rings. The molecule has 0 unspecified atom stereocenters. The molecular formula is C14H16ClF3N4O4S. The third kappa shape index (κ3) is 5.02. The third-order valence-electron chi connectivity index (χ3n) is 3.88. The maximum absolute atomic E-state index is 12.9. The standard InChI is InChI=1S/C14H16ClF3N4O4S/c15-10-2-1-9(14(16,17)18)7-11(10)27(25,26)22-5-3-21(4-6-22)12(23)8-20-13(19)24/h1-2,7H,3-6,8H2,(H3,19,20,24). The molecule has 2 rings (SSSR count). The Kier molecular flexibility index (Phi) is 6.22. The van der Waals surface area contributed by atoms with Crippen LogP contribution < -0.4 is 11.1 Å². The van der Waals surface area contributed by atoms with Gasteiger partial charge in [0, 0.05) is 26.2 Å². The van der Waals surface area contributed by atoms with Crippen LogP contribution in [0.2, 0.25) is 5.02 Å². The minimum Gasteiger partial charge on any atom is -0.352 e. The zero-order valence-electron chi connectivity index (χ0n) is 13.8. The van der Waals surface area contributed by atoms with E-state index >= 15 is 0 Å². The molecule has 0 atom stereocenters. The van der Waals surface area contributed by atoms with E-state index in [0.29, 0.717) is 12.1 Å².